The van der Waals surface area contributed by atoms with Gasteiger partial charge in [0, 0.05) is 16.3 Å². The van der Waals surface area contributed by atoms with Crippen LogP contribution in [0.15, 0.2) is 78.4 Å². The predicted molar refractivity (Wildman–Crippen MR) is 120 cm³/mol. The van der Waals surface area contributed by atoms with Gasteiger partial charge in [0.05, 0.1) is 18.7 Å². The van der Waals surface area contributed by atoms with E-state index in [2.05, 4.69) is 0 Å². The molecule has 156 valence electrons. The second-order valence-electron chi connectivity index (χ2n) is 7.29. The lowest BCUT2D eigenvalue weighted by Crippen LogP contribution is -2.29. The van der Waals surface area contributed by atoms with Gasteiger partial charge in [0.15, 0.2) is 0 Å². The molecule has 0 saturated carbocycles. The molecule has 0 spiro atoms. The third-order valence-corrected chi connectivity index (χ3v) is 5.50. The van der Waals surface area contributed by atoms with Gasteiger partial charge in [-0.2, -0.15) is 0 Å². The lowest BCUT2D eigenvalue weighted by molar-refractivity contribution is -0.132. The molecule has 1 aliphatic rings. The number of halogens is 1. The van der Waals surface area contributed by atoms with Crippen LogP contribution in [0, 0.1) is 6.92 Å². The second kappa shape index (κ2) is 8.28. The molecule has 1 atom stereocenters. The van der Waals surface area contributed by atoms with Crippen molar-refractivity contribution in [3.05, 3.63) is 100 Å². The van der Waals surface area contributed by atoms with Crippen molar-refractivity contribution in [1.82, 2.24) is 0 Å². The molecular formula is C25H20ClNO4. The van der Waals surface area contributed by atoms with Gasteiger partial charge >= 0.3 is 0 Å². The molecule has 3 aromatic rings. The summed E-state index contributed by atoms with van der Waals surface area (Å²) in [6.45, 7) is 1.94. The number of carbonyl (C=O) groups is 2. The van der Waals surface area contributed by atoms with Crippen LogP contribution in [0.1, 0.15) is 22.7 Å². The van der Waals surface area contributed by atoms with E-state index in [4.69, 9.17) is 16.3 Å². The highest BCUT2D eigenvalue weighted by Crippen LogP contribution is 2.43. The molecule has 0 aromatic heterocycles. The fraction of sp³-hybridized carbons (Fsp3) is 0.120. The number of hydrogen-bond donors (Lipinski definition) is 1. The van der Waals surface area contributed by atoms with Crippen LogP contribution < -0.4 is 9.64 Å². The lowest BCUT2D eigenvalue weighted by Gasteiger charge is -2.26. The Bertz CT molecular complexity index is 1200. The van der Waals surface area contributed by atoms with E-state index in [0.717, 1.165) is 5.56 Å². The molecule has 1 heterocycles. The van der Waals surface area contributed by atoms with E-state index in [0.29, 0.717) is 27.6 Å². The number of methoxy groups -OCH3 is 1. The fourth-order valence-electron chi connectivity index (χ4n) is 3.72. The molecule has 0 aliphatic carbocycles. The van der Waals surface area contributed by atoms with Gasteiger partial charge in [-0.25, -0.2) is 0 Å². The molecule has 1 unspecified atom stereocenters. The molecule has 0 radical (unpaired) electrons. The summed E-state index contributed by atoms with van der Waals surface area (Å²) < 4.78 is 5.34. The van der Waals surface area contributed by atoms with Gasteiger partial charge in [0.1, 0.15) is 11.5 Å². The SMILES string of the molecule is COc1cccc(C2/C(=C(/O)c3cccc(Cl)c3)C(=O)C(=O)N2c2ccc(C)cc2)c1. The quantitative estimate of drug-likeness (QED) is 0.345. The van der Waals surface area contributed by atoms with Gasteiger partial charge in [-0.05, 0) is 48.9 Å². The molecule has 1 aliphatic heterocycles. The zero-order chi connectivity index (χ0) is 22.1. The van der Waals surface area contributed by atoms with Gasteiger partial charge < -0.3 is 9.84 Å². The summed E-state index contributed by atoms with van der Waals surface area (Å²) in [6, 6.07) is 20.1. The largest absolute Gasteiger partial charge is 0.507 e. The number of hydrogen-bond acceptors (Lipinski definition) is 4. The molecule has 6 heteroatoms. The third kappa shape index (κ3) is 3.80. The number of benzene rings is 3. The van der Waals surface area contributed by atoms with Crippen LogP contribution in [0.2, 0.25) is 5.02 Å². The number of nitrogens with zero attached hydrogens (tertiary/aromatic N) is 1. The molecule has 1 saturated heterocycles. The second-order valence-corrected chi connectivity index (χ2v) is 7.73. The number of aliphatic hydroxyl groups is 1. The monoisotopic (exact) mass is 433 g/mol. The van der Waals surface area contributed by atoms with Crippen molar-refractivity contribution in [2.75, 3.05) is 12.0 Å². The maximum absolute atomic E-state index is 13.1. The van der Waals surface area contributed by atoms with Gasteiger partial charge in [-0.3, -0.25) is 14.5 Å². The van der Waals surface area contributed by atoms with E-state index in [9.17, 15) is 14.7 Å². The summed E-state index contributed by atoms with van der Waals surface area (Å²) >= 11 is 6.08. The van der Waals surface area contributed by atoms with E-state index >= 15 is 0 Å². The third-order valence-electron chi connectivity index (χ3n) is 5.26. The van der Waals surface area contributed by atoms with Crippen LogP contribution in [-0.2, 0) is 9.59 Å². The minimum absolute atomic E-state index is 0.00101. The molecule has 31 heavy (non-hydrogen) atoms. The molecular weight excluding hydrogens is 414 g/mol. The van der Waals surface area contributed by atoms with E-state index < -0.39 is 17.7 Å². The van der Waals surface area contributed by atoms with Crippen LogP contribution in [0.3, 0.4) is 0 Å². The van der Waals surface area contributed by atoms with Crippen LogP contribution >= 0.6 is 11.6 Å². The number of carbonyl (C=O) groups excluding carboxylic acids is 2. The smallest absolute Gasteiger partial charge is 0.300 e. The molecule has 1 N–H and O–H groups in total. The van der Waals surface area contributed by atoms with Crippen molar-refractivity contribution in [3.8, 4) is 5.75 Å². The van der Waals surface area contributed by atoms with Gasteiger partial charge in [-0.15, -0.1) is 0 Å². The number of Topliss-reactive ketones (excluding diaryl/α,β-unsaturated/α-hetero) is 1. The predicted octanol–water partition coefficient (Wildman–Crippen LogP) is 5.28. The maximum atomic E-state index is 13.1. The highest BCUT2D eigenvalue weighted by molar-refractivity contribution is 6.51. The normalized spacial score (nSPS) is 17.8. The topological polar surface area (TPSA) is 66.8 Å². The Morgan fingerprint density at radius 2 is 1.71 bits per heavy atom. The average molecular weight is 434 g/mol. The first-order chi connectivity index (χ1) is 14.9. The number of rotatable bonds is 4. The zero-order valence-electron chi connectivity index (χ0n) is 17.0. The van der Waals surface area contributed by atoms with Gasteiger partial charge in [0.2, 0.25) is 0 Å². The fourth-order valence-corrected chi connectivity index (χ4v) is 3.91. The first-order valence-electron chi connectivity index (χ1n) is 9.68. The number of amides is 1. The average Bonchev–Trinajstić information content (AvgIpc) is 3.04. The van der Waals surface area contributed by atoms with Crippen LogP contribution in [0.25, 0.3) is 5.76 Å². The van der Waals surface area contributed by atoms with Crippen molar-refractivity contribution >= 4 is 34.7 Å². The van der Waals surface area contributed by atoms with Crippen molar-refractivity contribution < 1.29 is 19.4 Å². The summed E-state index contributed by atoms with van der Waals surface area (Å²) in [5.74, 6) is -1.16. The zero-order valence-corrected chi connectivity index (χ0v) is 17.8. The summed E-state index contributed by atoms with van der Waals surface area (Å²) in [6.07, 6.45) is 0. The van der Waals surface area contributed by atoms with Crippen LogP contribution in [0.4, 0.5) is 5.69 Å². The summed E-state index contributed by atoms with van der Waals surface area (Å²) in [5.41, 5.74) is 2.59. The molecule has 5 nitrogen and oxygen atoms in total. The molecule has 1 amide bonds. The first-order valence-corrected chi connectivity index (χ1v) is 10.1. The van der Waals surface area contributed by atoms with E-state index in [1.807, 2.05) is 19.1 Å². The van der Waals surface area contributed by atoms with E-state index in [1.54, 1.807) is 67.8 Å². The Morgan fingerprint density at radius 3 is 2.39 bits per heavy atom. The van der Waals surface area contributed by atoms with Crippen molar-refractivity contribution in [2.24, 2.45) is 0 Å². The molecule has 0 bridgehead atoms. The van der Waals surface area contributed by atoms with Crippen LogP contribution in [-0.4, -0.2) is 23.9 Å². The summed E-state index contributed by atoms with van der Waals surface area (Å²) in [5, 5.41) is 11.5. The number of ether oxygens (including phenoxy) is 1. The van der Waals surface area contributed by atoms with Crippen molar-refractivity contribution in [2.45, 2.75) is 13.0 Å². The number of anilines is 1. The number of ketones is 1. The number of aryl methyl sites for hydroxylation is 1. The van der Waals surface area contributed by atoms with Crippen LogP contribution in [0.5, 0.6) is 5.75 Å². The Morgan fingerprint density at radius 1 is 1.00 bits per heavy atom. The minimum Gasteiger partial charge on any atom is -0.507 e. The van der Waals surface area contributed by atoms with Gasteiger partial charge in [0.25, 0.3) is 11.7 Å². The van der Waals surface area contributed by atoms with Crippen molar-refractivity contribution in [1.29, 1.82) is 0 Å². The summed E-state index contributed by atoms with van der Waals surface area (Å²) in [4.78, 5) is 27.6. The Balaban J connectivity index is 1.96. The highest BCUT2D eigenvalue weighted by Gasteiger charge is 2.47. The molecule has 1 fully saturated rings. The Kier molecular flexibility index (Phi) is 5.53. The Labute approximate surface area is 185 Å². The van der Waals surface area contributed by atoms with E-state index in [1.165, 1.54) is 4.90 Å². The Hall–Kier alpha value is -3.57. The summed E-state index contributed by atoms with van der Waals surface area (Å²) in [7, 11) is 1.54. The van der Waals surface area contributed by atoms with E-state index in [-0.39, 0.29) is 11.3 Å². The molecule has 4 rings (SSSR count). The lowest BCUT2D eigenvalue weighted by atomic mass is 9.95. The van der Waals surface area contributed by atoms with Crippen molar-refractivity contribution in [3.63, 3.8) is 0 Å². The first kappa shape index (κ1) is 20.7. The van der Waals surface area contributed by atoms with Gasteiger partial charge in [-0.1, -0.05) is 53.6 Å². The molecule has 3 aromatic carbocycles. The minimum atomic E-state index is -0.822. The number of aliphatic hydroxyl groups excluding tert-OH is 1. The maximum Gasteiger partial charge on any atom is 0.300 e. The highest BCUT2D eigenvalue weighted by atomic mass is 35.5. The standard InChI is InChI=1S/C25H20ClNO4/c1-15-9-11-19(12-10-15)27-22(16-5-4-8-20(14-16)31-2)21(24(29)25(27)30)23(28)17-6-3-7-18(26)13-17/h3-14,22,28H,1-2H3/b23-21-.